The van der Waals surface area contributed by atoms with E-state index in [-0.39, 0.29) is 12.2 Å². The van der Waals surface area contributed by atoms with Gasteiger partial charge >= 0.3 is 0 Å². The van der Waals surface area contributed by atoms with E-state index in [1.165, 1.54) is 0 Å². The number of hydrogen-bond donors (Lipinski definition) is 2. The maximum absolute atomic E-state index is 11.2. The van der Waals surface area contributed by atoms with Crippen molar-refractivity contribution >= 4 is 5.91 Å². The topological polar surface area (TPSA) is 59.6 Å². The molecule has 0 fully saturated rings. The smallest absolute Gasteiger partial charge is 0.221 e. The SMILES string of the molecule is CCNCCC(=O)NCC(OC)OC. The lowest BCUT2D eigenvalue weighted by atomic mass is 10.4. The molecule has 1 amide bonds. The Balaban J connectivity index is 3.42. The van der Waals surface area contributed by atoms with Crippen molar-refractivity contribution in [2.75, 3.05) is 33.9 Å². The summed E-state index contributed by atoms with van der Waals surface area (Å²) in [5.41, 5.74) is 0. The molecule has 0 saturated carbocycles. The van der Waals surface area contributed by atoms with E-state index in [4.69, 9.17) is 9.47 Å². The molecule has 0 rings (SSSR count). The molecule has 14 heavy (non-hydrogen) atoms. The summed E-state index contributed by atoms with van der Waals surface area (Å²) in [4.78, 5) is 11.2. The number of ether oxygens (including phenoxy) is 2. The van der Waals surface area contributed by atoms with Crippen molar-refractivity contribution in [3.8, 4) is 0 Å². The first-order valence-electron chi connectivity index (χ1n) is 4.77. The van der Waals surface area contributed by atoms with E-state index in [1.807, 2.05) is 6.92 Å². The molecular weight excluding hydrogens is 184 g/mol. The third-order valence-corrected chi connectivity index (χ3v) is 1.77. The molecular formula is C9H20N2O3. The molecule has 2 N–H and O–H groups in total. The van der Waals surface area contributed by atoms with Crippen LogP contribution in [0.15, 0.2) is 0 Å². The fourth-order valence-corrected chi connectivity index (χ4v) is 0.927. The molecule has 0 aliphatic rings. The lowest BCUT2D eigenvalue weighted by molar-refractivity contribution is -0.127. The maximum atomic E-state index is 11.2. The predicted molar refractivity (Wildman–Crippen MR) is 54.0 cm³/mol. The lowest BCUT2D eigenvalue weighted by Crippen LogP contribution is -2.35. The van der Waals surface area contributed by atoms with Crippen LogP contribution in [-0.4, -0.2) is 46.1 Å². The molecule has 5 nitrogen and oxygen atoms in total. The van der Waals surface area contributed by atoms with Crippen LogP contribution in [-0.2, 0) is 14.3 Å². The molecule has 0 aliphatic heterocycles. The molecule has 0 aromatic rings. The predicted octanol–water partition coefficient (Wildman–Crippen LogP) is -0.279. The summed E-state index contributed by atoms with van der Waals surface area (Å²) in [6.07, 6.45) is 0.117. The van der Waals surface area contributed by atoms with Crippen molar-refractivity contribution in [1.29, 1.82) is 0 Å². The van der Waals surface area contributed by atoms with E-state index < -0.39 is 0 Å². The van der Waals surface area contributed by atoms with E-state index in [9.17, 15) is 4.79 Å². The Hall–Kier alpha value is -0.650. The minimum Gasteiger partial charge on any atom is -0.354 e. The van der Waals surface area contributed by atoms with Crippen LogP contribution in [0.2, 0.25) is 0 Å². The van der Waals surface area contributed by atoms with Gasteiger partial charge < -0.3 is 20.1 Å². The van der Waals surface area contributed by atoms with Crippen LogP contribution < -0.4 is 10.6 Å². The number of methoxy groups -OCH3 is 2. The Bertz CT molecular complexity index is 149. The first kappa shape index (κ1) is 13.4. The summed E-state index contributed by atoms with van der Waals surface area (Å²) >= 11 is 0. The second-order valence-corrected chi connectivity index (χ2v) is 2.81. The molecule has 0 spiro atoms. The third-order valence-electron chi connectivity index (χ3n) is 1.77. The normalized spacial score (nSPS) is 10.6. The highest BCUT2D eigenvalue weighted by molar-refractivity contribution is 5.76. The Morgan fingerprint density at radius 3 is 2.50 bits per heavy atom. The Morgan fingerprint density at radius 1 is 1.36 bits per heavy atom. The number of hydrogen-bond acceptors (Lipinski definition) is 4. The van der Waals surface area contributed by atoms with Crippen molar-refractivity contribution in [1.82, 2.24) is 10.6 Å². The lowest BCUT2D eigenvalue weighted by Gasteiger charge is -2.13. The van der Waals surface area contributed by atoms with Crippen molar-refractivity contribution in [2.45, 2.75) is 19.6 Å². The minimum atomic E-state index is -0.363. The highest BCUT2D eigenvalue weighted by Gasteiger charge is 2.06. The molecule has 0 heterocycles. The second kappa shape index (κ2) is 8.93. The molecule has 84 valence electrons. The standard InChI is InChI=1S/C9H20N2O3/c1-4-10-6-5-8(12)11-7-9(13-2)14-3/h9-10H,4-7H2,1-3H3,(H,11,12). The van der Waals surface area contributed by atoms with Gasteiger partial charge in [0.1, 0.15) is 0 Å². The van der Waals surface area contributed by atoms with Crippen LogP contribution in [0.5, 0.6) is 0 Å². The van der Waals surface area contributed by atoms with Gasteiger partial charge in [-0.1, -0.05) is 6.92 Å². The molecule has 0 aliphatic carbocycles. The minimum absolute atomic E-state index is 0.00468. The second-order valence-electron chi connectivity index (χ2n) is 2.81. The molecule has 5 heteroatoms. The average molecular weight is 204 g/mol. The zero-order chi connectivity index (χ0) is 10.8. The largest absolute Gasteiger partial charge is 0.354 e. The van der Waals surface area contributed by atoms with E-state index in [1.54, 1.807) is 14.2 Å². The van der Waals surface area contributed by atoms with Crippen LogP contribution >= 0.6 is 0 Å². The van der Waals surface area contributed by atoms with Gasteiger partial charge in [-0.25, -0.2) is 0 Å². The monoisotopic (exact) mass is 204 g/mol. The number of nitrogens with one attached hydrogen (secondary N) is 2. The Kier molecular flexibility index (Phi) is 8.51. The van der Waals surface area contributed by atoms with Gasteiger partial charge in [-0.3, -0.25) is 4.79 Å². The van der Waals surface area contributed by atoms with Gasteiger partial charge in [0.15, 0.2) is 6.29 Å². The van der Waals surface area contributed by atoms with Gasteiger partial charge in [-0.2, -0.15) is 0 Å². The van der Waals surface area contributed by atoms with E-state index in [0.717, 1.165) is 6.54 Å². The fourth-order valence-electron chi connectivity index (χ4n) is 0.927. The highest BCUT2D eigenvalue weighted by atomic mass is 16.7. The van der Waals surface area contributed by atoms with Crippen LogP contribution in [0, 0.1) is 0 Å². The summed E-state index contributed by atoms with van der Waals surface area (Å²) in [6, 6.07) is 0. The summed E-state index contributed by atoms with van der Waals surface area (Å²) < 4.78 is 9.85. The highest BCUT2D eigenvalue weighted by Crippen LogP contribution is 1.88. The quantitative estimate of drug-likeness (QED) is 0.422. The number of rotatable bonds is 8. The fraction of sp³-hybridized carbons (Fsp3) is 0.889. The zero-order valence-corrected chi connectivity index (χ0v) is 9.13. The first-order chi connectivity index (χ1) is 6.74. The summed E-state index contributed by atoms with van der Waals surface area (Å²) in [6.45, 7) is 3.97. The van der Waals surface area contributed by atoms with Gasteiger partial charge in [-0.15, -0.1) is 0 Å². The maximum Gasteiger partial charge on any atom is 0.221 e. The van der Waals surface area contributed by atoms with Crippen LogP contribution in [0.4, 0.5) is 0 Å². The van der Waals surface area contributed by atoms with E-state index >= 15 is 0 Å². The summed E-state index contributed by atoms with van der Waals surface area (Å²) in [5.74, 6) is 0.00468. The van der Waals surface area contributed by atoms with E-state index in [0.29, 0.717) is 19.5 Å². The number of amides is 1. The van der Waals surface area contributed by atoms with Gasteiger partial charge in [-0.05, 0) is 6.54 Å². The van der Waals surface area contributed by atoms with Gasteiger partial charge in [0, 0.05) is 27.2 Å². The van der Waals surface area contributed by atoms with Crippen LogP contribution in [0.3, 0.4) is 0 Å². The van der Waals surface area contributed by atoms with Crippen molar-refractivity contribution < 1.29 is 14.3 Å². The number of carbonyl (C=O) groups excluding carboxylic acids is 1. The summed E-state index contributed by atoms with van der Waals surface area (Å²) in [5, 5.41) is 5.79. The van der Waals surface area contributed by atoms with Gasteiger partial charge in [0.25, 0.3) is 0 Å². The van der Waals surface area contributed by atoms with Crippen LogP contribution in [0.25, 0.3) is 0 Å². The van der Waals surface area contributed by atoms with E-state index in [2.05, 4.69) is 10.6 Å². The summed E-state index contributed by atoms with van der Waals surface area (Å²) in [7, 11) is 3.08. The molecule has 0 unspecified atom stereocenters. The van der Waals surface area contributed by atoms with Crippen molar-refractivity contribution in [3.63, 3.8) is 0 Å². The van der Waals surface area contributed by atoms with Gasteiger partial charge in [0.2, 0.25) is 5.91 Å². The van der Waals surface area contributed by atoms with Crippen molar-refractivity contribution in [3.05, 3.63) is 0 Å². The molecule has 0 atom stereocenters. The molecule has 0 saturated heterocycles. The molecule has 0 radical (unpaired) electrons. The van der Waals surface area contributed by atoms with Crippen LogP contribution in [0.1, 0.15) is 13.3 Å². The Labute approximate surface area is 85.1 Å². The first-order valence-corrected chi connectivity index (χ1v) is 4.77. The molecule has 0 bridgehead atoms. The van der Waals surface area contributed by atoms with Crippen molar-refractivity contribution in [2.24, 2.45) is 0 Å². The third kappa shape index (κ3) is 6.82. The average Bonchev–Trinajstić information content (AvgIpc) is 2.20. The Morgan fingerprint density at radius 2 is 2.00 bits per heavy atom. The molecule has 0 aromatic carbocycles. The van der Waals surface area contributed by atoms with Gasteiger partial charge in [0.05, 0.1) is 6.54 Å². The zero-order valence-electron chi connectivity index (χ0n) is 9.13. The molecule has 0 aromatic heterocycles. The number of carbonyl (C=O) groups is 1.